The Bertz CT molecular complexity index is 1210. The Morgan fingerprint density at radius 3 is 2.58 bits per heavy atom. The van der Waals surface area contributed by atoms with Crippen LogP contribution in [0.2, 0.25) is 0 Å². The second-order valence-electron chi connectivity index (χ2n) is 10.5. The Balaban J connectivity index is 1.51. The third-order valence-electron chi connectivity index (χ3n) is 7.38. The number of epoxide rings is 1. The number of nitrogens with zero attached hydrogens (tertiary/aromatic N) is 1. The molecule has 2 aliphatic rings. The molecule has 0 radical (unpaired) electrons. The Hall–Kier alpha value is -3.25. The fourth-order valence-corrected chi connectivity index (χ4v) is 5.08. The highest BCUT2D eigenvalue weighted by Crippen LogP contribution is 2.43. The maximum absolute atomic E-state index is 13.6. The van der Waals surface area contributed by atoms with E-state index in [0.717, 1.165) is 31.3 Å². The van der Waals surface area contributed by atoms with Crippen LogP contribution in [0.5, 0.6) is 17.2 Å². The monoisotopic (exact) mass is 491 g/mol. The number of anilines is 1. The van der Waals surface area contributed by atoms with Crippen molar-refractivity contribution in [1.82, 2.24) is 0 Å². The van der Waals surface area contributed by atoms with E-state index < -0.39 is 0 Å². The Morgan fingerprint density at radius 2 is 1.83 bits per heavy atom. The van der Waals surface area contributed by atoms with Crippen molar-refractivity contribution in [1.29, 1.82) is 0 Å². The zero-order valence-corrected chi connectivity index (χ0v) is 21.7. The molecule has 2 atom stereocenters. The Kier molecular flexibility index (Phi) is 7.46. The molecular formula is C30H37NO5. The van der Waals surface area contributed by atoms with Crippen molar-refractivity contribution in [2.75, 3.05) is 11.4 Å². The number of phenolic OH excluding ortho intramolecular Hbond substituents is 3. The molecular weight excluding hydrogens is 454 g/mol. The highest BCUT2D eigenvalue weighted by Gasteiger charge is 2.50. The van der Waals surface area contributed by atoms with Gasteiger partial charge in [0.05, 0.1) is 17.4 Å². The topological polar surface area (TPSA) is 93.5 Å². The van der Waals surface area contributed by atoms with Gasteiger partial charge in [0.2, 0.25) is 0 Å². The van der Waals surface area contributed by atoms with Crippen molar-refractivity contribution >= 4 is 11.6 Å². The maximum Gasteiger partial charge on any atom is 0.258 e. The summed E-state index contributed by atoms with van der Waals surface area (Å²) in [6, 6.07) is 7.78. The average Bonchev–Trinajstić information content (AvgIpc) is 3.45. The summed E-state index contributed by atoms with van der Waals surface area (Å²) >= 11 is 0. The standard InChI is InChI=1S/C30H37NO5/c1-19(2)7-6-15-30(4)28(36-30)13-10-20(3)14-16-31-25-17-21(32)18-27(34)24(25)12-11-22-23(29(31)35)8-5-9-26(22)33/h5,7-9,14,17-18,28,32-34H,6,10-13,15-16H2,1-4H3/b20-14+. The number of fused-ring (bicyclic) bond motifs is 2. The van der Waals surface area contributed by atoms with Gasteiger partial charge in [-0.15, -0.1) is 0 Å². The minimum Gasteiger partial charge on any atom is -0.508 e. The SMILES string of the molecule is CC(C)=CCCC1(C)OC1CC/C(C)=C/CN1C(=O)c2cccc(O)c2CCc2c(O)cc(O)cc21. The minimum absolute atomic E-state index is 0.0507. The number of phenols is 3. The molecule has 2 unspecified atom stereocenters. The summed E-state index contributed by atoms with van der Waals surface area (Å²) in [5.74, 6) is -0.347. The summed E-state index contributed by atoms with van der Waals surface area (Å²) in [5, 5.41) is 31.1. The average molecular weight is 492 g/mol. The second-order valence-corrected chi connectivity index (χ2v) is 10.5. The number of carbonyl (C=O) groups excluding carboxylic acids is 1. The van der Waals surface area contributed by atoms with E-state index in [2.05, 4.69) is 33.8 Å². The lowest BCUT2D eigenvalue weighted by atomic mass is 9.93. The molecule has 2 aromatic carbocycles. The lowest BCUT2D eigenvalue weighted by Gasteiger charge is -2.28. The largest absolute Gasteiger partial charge is 0.508 e. The van der Waals surface area contributed by atoms with E-state index in [4.69, 9.17) is 4.74 Å². The van der Waals surface area contributed by atoms with Crippen LogP contribution in [0, 0.1) is 0 Å². The van der Waals surface area contributed by atoms with E-state index in [9.17, 15) is 20.1 Å². The molecule has 0 aromatic heterocycles. The molecule has 36 heavy (non-hydrogen) atoms. The van der Waals surface area contributed by atoms with Gasteiger partial charge in [-0.2, -0.15) is 0 Å². The van der Waals surface area contributed by atoms with Gasteiger partial charge in [0.1, 0.15) is 17.2 Å². The minimum atomic E-state index is -0.270. The summed E-state index contributed by atoms with van der Waals surface area (Å²) in [6.07, 6.45) is 9.20. The normalized spacial score (nSPS) is 21.3. The van der Waals surface area contributed by atoms with Crippen LogP contribution in [-0.2, 0) is 17.6 Å². The number of carbonyl (C=O) groups is 1. The molecule has 0 spiro atoms. The van der Waals surface area contributed by atoms with Crippen molar-refractivity contribution in [2.45, 2.75) is 77.9 Å². The number of amides is 1. The van der Waals surface area contributed by atoms with Crippen LogP contribution in [-0.4, -0.2) is 39.5 Å². The van der Waals surface area contributed by atoms with E-state index in [1.54, 1.807) is 23.1 Å². The quantitative estimate of drug-likeness (QED) is 0.303. The Morgan fingerprint density at radius 1 is 1.08 bits per heavy atom. The number of ether oxygens (including phenoxy) is 1. The summed E-state index contributed by atoms with van der Waals surface area (Å²) in [6.45, 7) is 8.75. The number of rotatable bonds is 8. The number of aromatic hydroxyl groups is 3. The van der Waals surface area contributed by atoms with Crippen LogP contribution < -0.4 is 4.90 Å². The van der Waals surface area contributed by atoms with Crippen LogP contribution in [0.1, 0.15) is 74.9 Å². The molecule has 4 rings (SSSR count). The van der Waals surface area contributed by atoms with Gasteiger partial charge >= 0.3 is 0 Å². The number of hydrogen-bond donors (Lipinski definition) is 3. The fourth-order valence-electron chi connectivity index (χ4n) is 5.08. The Labute approximate surface area is 213 Å². The summed E-state index contributed by atoms with van der Waals surface area (Å²) in [7, 11) is 0. The summed E-state index contributed by atoms with van der Waals surface area (Å²) in [4.78, 5) is 15.2. The van der Waals surface area contributed by atoms with Crippen LogP contribution in [0.3, 0.4) is 0 Å². The van der Waals surface area contributed by atoms with Crippen molar-refractivity contribution in [2.24, 2.45) is 0 Å². The van der Waals surface area contributed by atoms with Crippen molar-refractivity contribution in [3.05, 3.63) is 70.3 Å². The molecule has 0 aliphatic carbocycles. The molecule has 6 nitrogen and oxygen atoms in total. The van der Waals surface area contributed by atoms with Crippen molar-refractivity contribution in [3.8, 4) is 17.2 Å². The molecule has 0 bridgehead atoms. The fraction of sp³-hybridized carbons (Fsp3) is 0.433. The van der Waals surface area contributed by atoms with E-state index in [1.807, 2.05) is 6.08 Å². The zero-order chi connectivity index (χ0) is 26.0. The third kappa shape index (κ3) is 5.59. The highest BCUT2D eigenvalue weighted by molar-refractivity contribution is 6.08. The molecule has 3 N–H and O–H groups in total. The predicted octanol–water partition coefficient (Wildman–Crippen LogP) is 6.18. The highest BCUT2D eigenvalue weighted by atomic mass is 16.6. The van der Waals surface area contributed by atoms with Gasteiger partial charge < -0.3 is 25.0 Å². The predicted molar refractivity (Wildman–Crippen MR) is 142 cm³/mol. The van der Waals surface area contributed by atoms with Crippen LogP contribution in [0.15, 0.2) is 53.6 Å². The molecule has 192 valence electrons. The van der Waals surface area contributed by atoms with Gasteiger partial charge in [0.25, 0.3) is 5.91 Å². The van der Waals surface area contributed by atoms with Crippen molar-refractivity contribution < 1.29 is 24.9 Å². The molecule has 2 heterocycles. The first-order chi connectivity index (χ1) is 17.1. The van der Waals surface area contributed by atoms with Gasteiger partial charge in [-0.05, 0) is 78.4 Å². The molecule has 2 aromatic rings. The zero-order valence-electron chi connectivity index (χ0n) is 21.7. The first-order valence-electron chi connectivity index (χ1n) is 12.7. The third-order valence-corrected chi connectivity index (χ3v) is 7.38. The van der Waals surface area contributed by atoms with Gasteiger partial charge in [0, 0.05) is 35.4 Å². The molecule has 1 saturated heterocycles. The van der Waals surface area contributed by atoms with Crippen LogP contribution in [0.25, 0.3) is 0 Å². The number of benzene rings is 2. The van der Waals surface area contributed by atoms with Crippen LogP contribution >= 0.6 is 0 Å². The van der Waals surface area contributed by atoms with E-state index in [0.29, 0.717) is 41.8 Å². The lowest BCUT2D eigenvalue weighted by Crippen LogP contribution is -2.34. The molecule has 0 saturated carbocycles. The summed E-state index contributed by atoms with van der Waals surface area (Å²) in [5.41, 5.74) is 4.51. The number of allylic oxidation sites excluding steroid dienone is 3. The lowest BCUT2D eigenvalue weighted by molar-refractivity contribution is 0.0987. The smallest absolute Gasteiger partial charge is 0.258 e. The van der Waals surface area contributed by atoms with Crippen molar-refractivity contribution in [3.63, 3.8) is 0 Å². The molecule has 1 fully saturated rings. The molecule has 2 aliphatic heterocycles. The molecule has 1 amide bonds. The summed E-state index contributed by atoms with van der Waals surface area (Å²) < 4.78 is 6.00. The second kappa shape index (κ2) is 10.4. The van der Waals surface area contributed by atoms with Gasteiger partial charge in [0.15, 0.2) is 0 Å². The van der Waals surface area contributed by atoms with E-state index in [1.165, 1.54) is 17.7 Å². The van der Waals surface area contributed by atoms with E-state index in [-0.39, 0.29) is 34.9 Å². The van der Waals surface area contributed by atoms with E-state index >= 15 is 0 Å². The molecule has 6 heteroatoms. The van der Waals surface area contributed by atoms with Gasteiger partial charge in [-0.25, -0.2) is 0 Å². The maximum atomic E-state index is 13.6. The first-order valence-corrected chi connectivity index (χ1v) is 12.7. The van der Waals surface area contributed by atoms with Gasteiger partial charge in [-0.3, -0.25) is 4.79 Å². The number of hydrogen-bond acceptors (Lipinski definition) is 5. The first kappa shape index (κ1) is 25.8. The van der Waals surface area contributed by atoms with Gasteiger partial charge in [-0.1, -0.05) is 29.4 Å². The van der Waals surface area contributed by atoms with Crippen LogP contribution in [0.4, 0.5) is 5.69 Å².